The number of rotatable bonds is 3. The van der Waals surface area contributed by atoms with Gasteiger partial charge < -0.3 is 16.6 Å². The first-order valence-corrected chi connectivity index (χ1v) is 6.64. The molecule has 1 aliphatic rings. The van der Waals surface area contributed by atoms with Gasteiger partial charge in [0.2, 0.25) is 11.8 Å². The van der Waals surface area contributed by atoms with E-state index in [4.69, 9.17) is 11.5 Å². The lowest BCUT2D eigenvalue weighted by molar-refractivity contribution is -0.152. The molecule has 4 unspecified atom stereocenters. The number of benzene rings is 1. The molecule has 1 aromatic carbocycles. The van der Waals surface area contributed by atoms with Crippen LogP contribution < -0.4 is 11.5 Å². The number of nitrogens with two attached hydrogens (primary N) is 2. The van der Waals surface area contributed by atoms with Crippen LogP contribution in [0.25, 0.3) is 0 Å². The average Bonchev–Trinajstić information content (AvgIpc) is 2.36. The van der Waals surface area contributed by atoms with Gasteiger partial charge in [0, 0.05) is 12.3 Å². The van der Waals surface area contributed by atoms with Gasteiger partial charge in [0.25, 0.3) is 0 Å². The molecule has 21 heavy (non-hydrogen) atoms. The largest absolute Gasteiger partial charge is 0.389 e. The second-order valence-corrected chi connectivity index (χ2v) is 5.70. The molecule has 112 valence electrons. The molecular formula is C15H18N2O4. The first-order valence-electron chi connectivity index (χ1n) is 6.64. The Bertz CT molecular complexity index is 583. The Morgan fingerprint density at radius 1 is 1.19 bits per heavy atom. The van der Waals surface area contributed by atoms with Crippen molar-refractivity contribution in [2.24, 2.45) is 23.3 Å². The van der Waals surface area contributed by atoms with E-state index in [2.05, 4.69) is 0 Å². The van der Waals surface area contributed by atoms with Gasteiger partial charge in [-0.15, -0.1) is 0 Å². The van der Waals surface area contributed by atoms with Gasteiger partial charge >= 0.3 is 0 Å². The molecule has 5 N–H and O–H groups in total. The minimum atomic E-state index is -1.60. The van der Waals surface area contributed by atoms with E-state index in [-0.39, 0.29) is 6.42 Å². The third kappa shape index (κ3) is 2.67. The Kier molecular flexibility index (Phi) is 3.82. The quantitative estimate of drug-likeness (QED) is 0.661. The van der Waals surface area contributed by atoms with Crippen LogP contribution in [0, 0.1) is 11.8 Å². The molecule has 6 heteroatoms. The number of hydrogen-bond donors (Lipinski definition) is 3. The van der Waals surface area contributed by atoms with Gasteiger partial charge in [-0.3, -0.25) is 14.4 Å². The molecule has 1 aliphatic carbocycles. The molecule has 6 nitrogen and oxygen atoms in total. The summed E-state index contributed by atoms with van der Waals surface area (Å²) in [5.41, 5.74) is 9.74. The summed E-state index contributed by atoms with van der Waals surface area (Å²) in [6, 6.07) is 8.58. The maximum absolute atomic E-state index is 12.2. The number of Topliss-reactive ketones (excluding diaryl/α,β-unsaturated/α-hetero) is 1. The van der Waals surface area contributed by atoms with Gasteiger partial charge in [-0.05, 0) is 12.5 Å². The predicted octanol–water partition coefficient (Wildman–Crippen LogP) is -0.303. The molecular weight excluding hydrogens is 272 g/mol. The van der Waals surface area contributed by atoms with Crippen LogP contribution in [-0.4, -0.2) is 28.3 Å². The lowest BCUT2D eigenvalue weighted by Gasteiger charge is -2.43. The van der Waals surface area contributed by atoms with Crippen molar-refractivity contribution in [2.45, 2.75) is 24.9 Å². The van der Waals surface area contributed by atoms with Crippen molar-refractivity contribution in [1.82, 2.24) is 0 Å². The predicted molar refractivity (Wildman–Crippen MR) is 74.8 cm³/mol. The summed E-state index contributed by atoms with van der Waals surface area (Å²) in [6.07, 6.45) is -0.322. The van der Waals surface area contributed by atoms with Crippen molar-refractivity contribution in [1.29, 1.82) is 0 Å². The van der Waals surface area contributed by atoms with E-state index in [0.29, 0.717) is 5.56 Å². The lowest BCUT2D eigenvalue weighted by Crippen LogP contribution is -2.57. The molecule has 1 fully saturated rings. The number of amides is 2. The van der Waals surface area contributed by atoms with Gasteiger partial charge in [-0.2, -0.15) is 0 Å². The second kappa shape index (κ2) is 5.29. The van der Waals surface area contributed by atoms with Gasteiger partial charge in [-0.25, -0.2) is 0 Å². The third-order valence-corrected chi connectivity index (χ3v) is 4.06. The van der Waals surface area contributed by atoms with Gasteiger partial charge in [0.1, 0.15) is 11.7 Å². The smallest absolute Gasteiger partial charge is 0.228 e. The van der Waals surface area contributed by atoms with E-state index < -0.39 is 41.0 Å². The summed E-state index contributed by atoms with van der Waals surface area (Å²) in [7, 11) is 0. The molecule has 2 amide bonds. The zero-order valence-electron chi connectivity index (χ0n) is 11.7. The van der Waals surface area contributed by atoms with Gasteiger partial charge in [0.15, 0.2) is 0 Å². The highest BCUT2D eigenvalue weighted by Gasteiger charge is 2.54. The van der Waals surface area contributed by atoms with E-state index in [1.165, 1.54) is 6.92 Å². The molecule has 0 heterocycles. The fraction of sp³-hybridized carbons (Fsp3) is 0.400. The zero-order valence-corrected chi connectivity index (χ0v) is 11.7. The highest BCUT2D eigenvalue weighted by Crippen LogP contribution is 2.45. The van der Waals surface area contributed by atoms with Crippen molar-refractivity contribution in [2.75, 3.05) is 0 Å². The molecule has 4 atom stereocenters. The maximum atomic E-state index is 12.2. The van der Waals surface area contributed by atoms with Crippen LogP contribution in [0.1, 0.15) is 24.8 Å². The summed E-state index contributed by atoms with van der Waals surface area (Å²) >= 11 is 0. The Morgan fingerprint density at radius 3 is 2.24 bits per heavy atom. The second-order valence-electron chi connectivity index (χ2n) is 5.70. The minimum absolute atomic E-state index is 0.322. The van der Waals surface area contributed by atoms with E-state index >= 15 is 0 Å². The monoisotopic (exact) mass is 290 g/mol. The van der Waals surface area contributed by atoms with Crippen molar-refractivity contribution >= 4 is 17.6 Å². The van der Waals surface area contributed by atoms with Crippen LogP contribution in [0.15, 0.2) is 30.3 Å². The Morgan fingerprint density at radius 2 is 1.76 bits per heavy atom. The molecule has 1 aromatic rings. The third-order valence-electron chi connectivity index (χ3n) is 4.06. The number of aliphatic hydroxyl groups is 1. The number of hydrogen-bond acceptors (Lipinski definition) is 4. The number of carbonyl (C=O) groups excluding carboxylic acids is 3. The van der Waals surface area contributed by atoms with Crippen LogP contribution in [0.4, 0.5) is 0 Å². The maximum Gasteiger partial charge on any atom is 0.228 e. The lowest BCUT2D eigenvalue weighted by atomic mass is 9.61. The van der Waals surface area contributed by atoms with Crippen LogP contribution in [0.5, 0.6) is 0 Å². The van der Waals surface area contributed by atoms with Crippen molar-refractivity contribution in [3.63, 3.8) is 0 Å². The van der Waals surface area contributed by atoms with Crippen LogP contribution in [-0.2, 0) is 14.4 Å². The summed E-state index contributed by atoms with van der Waals surface area (Å²) in [6.45, 7) is 1.38. The highest BCUT2D eigenvalue weighted by atomic mass is 16.3. The first-order chi connectivity index (χ1) is 9.75. The fourth-order valence-corrected chi connectivity index (χ4v) is 3.23. The summed E-state index contributed by atoms with van der Waals surface area (Å²) in [5.74, 6) is -5.11. The Labute approximate surface area is 122 Å². The minimum Gasteiger partial charge on any atom is -0.389 e. The molecule has 1 saturated carbocycles. The fourth-order valence-electron chi connectivity index (χ4n) is 3.23. The normalized spacial score (nSPS) is 32.7. The number of ketones is 1. The highest BCUT2D eigenvalue weighted by molar-refractivity contribution is 6.04. The van der Waals surface area contributed by atoms with Crippen LogP contribution in [0.2, 0.25) is 0 Å². The van der Waals surface area contributed by atoms with Gasteiger partial charge in [0.05, 0.1) is 11.5 Å². The van der Waals surface area contributed by atoms with E-state index in [0.717, 1.165) is 0 Å². The van der Waals surface area contributed by atoms with E-state index in [1.807, 2.05) is 0 Å². The average molecular weight is 290 g/mol. The summed E-state index contributed by atoms with van der Waals surface area (Å²) in [4.78, 5) is 35.7. The van der Waals surface area contributed by atoms with Gasteiger partial charge in [-0.1, -0.05) is 30.3 Å². The number of carbonyl (C=O) groups is 3. The Hall–Kier alpha value is -2.21. The molecule has 2 rings (SSSR count). The molecule has 0 bridgehead atoms. The molecule has 0 radical (unpaired) electrons. The SMILES string of the molecule is CC1(O)CC(=O)C(C(N)=O)C(c2ccccc2)C1C(N)=O. The molecule has 0 aliphatic heterocycles. The summed E-state index contributed by atoms with van der Waals surface area (Å²) < 4.78 is 0. The Balaban J connectivity index is 2.61. The van der Waals surface area contributed by atoms with Crippen LogP contribution >= 0.6 is 0 Å². The zero-order chi connectivity index (χ0) is 15.8. The molecule has 0 aromatic heterocycles. The van der Waals surface area contributed by atoms with E-state index in [1.54, 1.807) is 30.3 Å². The first kappa shape index (κ1) is 15.2. The van der Waals surface area contributed by atoms with Crippen molar-refractivity contribution in [3.8, 4) is 0 Å². The topological polar surface area (TPSA) is 123 Å². The van der Waals surface area contributed by atoms with Crippen molar-refractivity contribution < 1.29 is 19.5 Å². The molecule has 0 spiro atoms. The number of primary amides is 2. The standard InChI is InChI=1S/C15H18N2O4/c1-15(21)7-9(18)11(13(16)19)10(12(15)14(17)20)8-5-3-2-4-6-8/h2-6,10-12,21H,7H2,1H3,(H2,16,19)(H2,17,20). The van der Waals surface area contributed by atoms with E-state index in [9.17, 15) is 19.5 Å². The molecule has 0 saturated heterocycles. The van der Waals surface area contributed by atoms with Crippen LogP contribution in [0.3, 0.4) is 0 Å². The summed E-state index contributed by atoms with van der Waals surface area (Å²) in [5, 5.41) is 10.4. The van der Waals surface area contributed by atoms with Crippen molar-refractivity contribution in [3.05, 3.63) is 35.9 Å².